The van der Waals surface area contributed by atoms with E-state index in [0.717, 1.165) is 39.4 Å². The molecule has 4 rings (SSSR count). The Morgan fingerprint density at radius 3 is 1.27 bits per heavy atom. The Morgan fingerprint density at radius 2 is 1.05 bits per heavy atom. The molecule has 12 heteroatoms. The molecule has 4 aliphatic heterocycles. The SMILES string of the molecule is C#CC(=O)C(C)(C)C.CC(C)(C)C(=O)/C=C/CN1CCC1.CC(C)(C)C(=O)/C=C/CN1CCOCC1.CC(C)(C)C(=O)C1CO1.CC(C)(C)NC(=O)C1CO1.[2H]C([2H])=C([2H])C(=O)C(C)(C)C. The van der Waals surface area contributed by atoms with Crippen molar-refractivity contribution < 1.29 is 47.1 Å². The normalized spacial score (nSPS) is 19.4. The molecule has 4 aliphatic rings. The number of hydrogen-bond acceptors (Lipinski definition) is 11. The van der Waals surface area contributed by atoms with Gasteiger partial charge < -0.3 is 19.5 Å². The standard InChI is InChI=1S/C12H21NO2.C11H19NO.C7H13NO2.C7H12O2.C7H12O.C7H10O/c1-12(2,3)11(14)5-4-6-13-7-9-15-10-8-13;1-11(2,3)10(13)6-4-7-12-8-5-9-12;1-7(2,3)8-6(9)5-4-10-5;1-7(2,3)6(8)5-4-9-5;2*1-5-6(8)7(2,3)4/h4-5H,6-10H2,1-3H3;4,6H,5,7-9H2,1-3H3;5H,4H2,1-3H3,(H,8,9);5H,4H2,1-3H3;5H,1H2,2-4H3;1H,2-4H3/b5-4+;6-4+;;;;/i;;;;1D2,5D;. The Bertz CT molecular complexity index is 1700. The molecule has 0 bridgehead atoms. The molecule has 0 saturated carbocycles. The van der Waals surface area contributed by atoms with E-state index in [9.17, 15) is 28.8 Å². The van der Waals surface area contributed by atoms with Crippen LogP contribution in [0.25, 0.3) is 0 Å². The van der Waals surface area contributed by atoms with Crippen molar-refractivity contribution in [3.63, 3.8) is 0 Å². The van der Waals surface area contributed by atoms with E-state index >= 15 is 0 Å². The van der Waals surface area contributed by atoms with Crippen LogP contribution in [0.2, 0.25) is 0 Å². The lowest BCUT2D eigenvalue weighted by molar-refractivity contribution is -0.127. The van der Waals surface area contributed by atoms with Crippen LogP contribution in [0.5, 0.6) is 0 Å². The number of hydrogen-bond donors (Lipinski definition) is 1. The number of morpholine rings is 1. The first kappa shape index (κ1) is 55.5. The molecular weight excluding hydrogens is 799 g/mol. The number of carbonyl (C=O) groups excluding carboxylic acids is 6. The average Bonchev–Trinajstić information content (AvgIpc) is 4.08. The molecule has 2 unspecified atom stereocenters. The number of amides is 1. The van der Waals surface area contributed by atoms with Gasteiger partial charge >= 0.3 is 0 Å². The lowest BCUT2D eigenvalue weighted by atomic mass is 9.89. The molecule has 4 fully saturated rings. The number of terminal acetylenes is 1. The van der Waals surface area contributed by atoms with E-state index < -0.39 is 23.8 Å². The number of allylic oxidation sites excluding steroid dienone is 3. The number of nitrogens with one attached hydrogen (secondary N) is 1. The first-order chi connectivity index (χ1) is 29.7. The van der Waals surface area contributed by atoms with Gasteiger partial charge in [0.05, 0.1) is 30.5 Å². The van der Waals surface area contributed by atoms with Gasteiger partial charge in [-0.2, -0.15) is 0 Å². The third-order valence-electron chi connectivity index (χ3n) is 8.89. The lowest BCUT2D eigenvalue weighted by Crippen LogP contribution is -2.42. The summed E-state index contributed by atoms with van der Waals surface area (Å²) in [5.74, 6) is 2.10. The highest BCUT2D eigenvalue weighted by Crippen LogP contribution is 2.24. The maximum atomic E-state index is 11.6. The second-order valence-electron chi connectivity index (χ2n) is 22.0. The first-order valence-corrected chi connectivity index (χ1v) is 22.0. The molecule has 4 saturated heterocycles. The molecule has 1 N–H and O–H groups in total. The minimum Gasteiger partial charge on any atom is -0.379 e. The van der Waals surface area contributed by atoms with Crippen molar-refractivity contribution in [2.24, 2.45) is 27.1 Å². The van der Waals surface area contributed by atoms with Crippen LogP contribution in [0.1, 0.15) is 135 Å². The molecule has 4 heterocycles. The van der Waals surface area contributed by atoms with Gasteiger partial charge in [-0.1, -0.05) is 123 Å². The van der Waals surface area contributed by atoms with Gasteiger partial charge in [0.1, 0.15) is 6.10 Å². The van der Waals surface area contributed by atoms with Crippen molar-refractivity contribution >= 4 is 34.8 Å². The fourth-order valence-electron chi connectivity index (χ4n) is 4.20. The van der Waals surface area contributed by atoms with Gasteiger partial charge in [0, 0.05) is 58.8 Å². The molecule has 1 amide bonds. The van der Waals surface area contributed by atoms with E-state index in [1.54, 1.807) is 53.7 Å². The minimum absolute atomic E-state index is 0.00694. The van der Waals surface area contributed by atoms with Crippen molar-refractivity contribution in [2.75, 3.05) is 65.7 Å². The van der Waals surface area contributed by atoms with Gasteiger partial charge in [-0.05, 0) is 64.4 Å². The topological polar surface area (TPSA) is 155 Å². The summed E-state index contributed by atoms with van der Waals surface area (Å²) in [6.07, 6.45) is 13.3. The number of rotatable bonds is 9. The minimum atomic E-state index is -0.718. The van der Waals surface area contributed by atoms with Crippen LogP contribution in [-0.4, -0.2) is 128 Å². The van der Waals surface area contributed by atoms with Gasteiger partial charge in [-0.25, -0.2) is 0 Å². The average molecular weight is 889 g/mol. The number of epoxide rings is 2. The molecule has 0 radical (unpaired) electrons. The Balaban J connectivity index is 0. The third-order valence-corrected chi connectivity index (χ3v) is 8.89. The van der Waals surface area contributed by atoms with Crippen molar-refractivity contribution in [3.05, 3.63) is 36.9 Å². The molecule has 0 aromatic heterocycles. The highest BCUT2D eigenvalue weighted by Gasteiger charge is 2.38. The van der Waals surface area contributed by atoms with E-state index in [1.807, 2.05) is 95.2 Å². The summed E-state index contributed by atoms with van der Waals surface area (Å²) in [6.45, 7) is 41.8. The van der Waals surface area contributed by atoms with Crippen molar-refractivity contribution in [1.82, 2.24) is 15.1 Å². The van der Waals surface area contributed by atoms with E-state index in [-0.39, 0.29) is 68.4 Å². The van der Waals surface area contributed by atoms with E-state index in [2.05, 4.69) is 21.0 Å². The summed E-state index contributed by atoms with van der Waals surface area (Å²) < 4.78 is 35.4. The van der Waals surface area contributed by atoms with Crippen LogP contribution in [0.15, 0.2) is 36.9 Å². The zero-order valence-electron chi connectivity index (χ0n) is 45.4. The van der Waals surface area contributed by atoms with E-state index in [0.29, 0.717) is 13.2 Å². The summed E-state index contributed by atoms with van der Waals surface area (Å²) in [5.41, 5.74) is -1.88. The second kappa shape index (κ2) is 27.7. The maximum Gasteiger partial charge on any atom is 0.251 e. The molecule has 12 nitrogen and oxygen atoms in total. The number of carbonyl (C=O) groups is 6. The van der Waals surface area contributed by atoms with Crippen molar-refractivity contribution in [3.8, 4) is 12.3 Å². The fraction of sp³-hybridized carbons (Fsp3) is 0.725. The highest BCUT2D eigenvalue weighted by molar-refractivity contribution is 5.98. The van der Waals surface area contributed by atoms with E-state index in [4.69, 9.17) is 24.7 Å². The zero-order chi connectivity index (χ0) is 52.1. The number of likely N-dealkylation sites (tertiary alicyclic amines) is 1. The smallest absolute Gasteiger partial charge is 0.251 e. The number of ether oxygens (including phenoxy) is 3. The van der Waals surface area contributed by atoms with Crippen LogP contribution in [0.4, 0.5) is 0 Å². The Labute approximate surface area is 387 Å². The molecule has 0 aromatic carbocycles. The van der Waals surface area contributed by atoms with Gasteiger partial charge in [0.2, 0.25) is 5.78 Å². The number of ketones is 5. The van der Waals surface area contributed by atoms with E-state index in [1.165, 1.54) is 19.5 Å². The Hall–Kier alpha value is -3.60. The zero-order valence-corrected chi connectivity index (χ0v) is 42.4. The number of Topliss-reactive ketones (excluding diaryl/α,β-unsaturated/α-hetero) is 2. The van der Waals surface area contributed by atoms with Crippen molar-refractivity contribution in [1.29, 1.82) is 0 Å². The highest BCUT2D eigenvalue weighted by atomic mass is 16.6. The number of nitrogens with zero attached hydrogens (tertiary/aromatic N) is 2. The van der Waals surface area contributed by atoms with Crippen LogP contribution in [0.3, 0.4) is 0 Å². The largest absolute Gasteiger partial charge is 0.379 e. The first-order valence-electron chi connectivity index (χ1n) is 23.5. The quantitative estimate of drug-likeness (QED) is 0.105. The molecule has 63 heavy (non-hydrogen) atoms. The van der Waals surface area contributed by atoms with Crippen LogP contribution >= 0.6 is 0 Å². The molecular formula is C51H87N3O9. The molecule has 2 atom stereocenters. The van der Waals surface area contributed by atoms with Gasteiger partial charge in [-0.3, -0.25) is 38.6 Å². The molecule has 360 valence electrons. The summed E-state index contributed by atoms with van der Waals surface area (Å²) in [5, 5.41) is 2.82. The fourth-order valence-corrected chi connectivity index (χ4v) is 4.20. The Morgan fingerprint density at radius 1 is 0.651 bits per heavy atom. The lowest BCUT2D eigenvalue weighted by Gasteiger charge is -2.29. The molecule has 0 aromatic rings. The molecule has 0 spiro atoms. The summed E-state index contributed by atoms with van der Waals surface area (Å²) in [7, 11) is 0. The predicted molar refractivity (Wildman–Crippen MR) is 255 cm³/mol. The monoisotopic (exact) mass is 889 g/mol. The van der Waals surface area contributed by atoms with Gasteiger partial charge in [0.15, 0.2) is 29.2 Å². The maximum absolute atomic E-state index is 11.6. The summed E-state index contributed by atoms with van der Waals surface area (Å²) >= 11 is 0. The molecule has 0 aliphatic carbocycles. The van der Waals surface area contributed by atoms with Crippen LogP contribution in [-0.2, 0) is 43.0 Å². The van der Waals surface area contributed by atoms with Crippen molar-refractivity contribution in [2.45, 2.75) is 149 Å². The van der Waals surface area contributed by atoms with Crippen LogP contribution in [0, 0.1) is 39.4 Å². The Kier molecular flexibility index (Phi) is 24.4. The second-order valence-corrected chi connectivity index (χ2v) is 22.0. The predicted octanol–water partition coefficient (Wildman–Crippen LogP) is 7.68. The van der Waals surface area contributed by atoms with Crippen LogP contribution < -0.4 is 5.32 Å². The summed E-state index contributed by atoms with van der Waals surface area (Å²) in [4.78, 5) is 71.4. The third kappa shape index (κ3) is 32.7. The van der Waals surface area contributed by atoms with Gasteiger partial charge in [0.25, 0.3) is 5.91 Å². The van der Waals surface area contributed by atoms with Gasteiger partial charge in [-0.15, -0.1) is 6.42 Å². The summed E-state index contributed by atoms with van der Waals surface area (Å²) in [6, 6.07) is -0.516.